The first-order valence-electron chi connectivity index (χ1n) is 8.90. The van der Waals surface area contributed by atoms with Crippen LogP contribution < -0.4 is 10.1 Å². The second kappa shape index (κ2) is 8.30. The number of anilines is 1. The van der Waals surface area contributed by atoms with Crippen molar-refractivity contribution in [2.24, 2.45) is 0 Å². The molecule has 2 aromatic heterocycles. The lowest BCUT2D eigenvalue weighted by molar-refractivity contribution is -0.117. The van der Waals surface area contributed by atoms with Crippen LogP contribution in [0.2, 0.25) is 0 Å². The van der Waals surface area contributed by atoms with Crippen molar-refractivity contribution in [1.82, 2.24) is 35.4 Å². The molecular formula is C19H18N8O2. The van der Waals surface area contributed by atoms with E-state index in [0.717, 1.165) is 0 Å². The van der Waals surface area contributed by atoms with E-state index < -0.39 is 0 Å². The molecule has 0 aliphatic heterocycles. The monoisotopic (exact) mass is 390 g/mol. The van der Waals surface area contributed by atoms with Crippen molar-refractivity contribution in [3.8, 4) is 17.1 Å². The van der Waals surface area contributed by atoms with E-state index in [1.807, 2.05) is 55.5 Å². The molecule has 0 aliphatic rings. The van der Waals surface area contributed by atoms with Crippen molar-refractivity contribution in [1.29, 1.82) is 0 Å². The zero-order valence-corrected chi connectivity index (χ0v) is 15.6. The summed E-state index contributed by atoms with van der Waals surface area (Å²) in [5, 5.41) is 21.8. The number of para-hydroxylation sites is 2. The number of nitrogens with zero attached hydrogens (tertiary/aromatic N) is 6. The standard InChI is InChI=1S/C19H18N8O2/c1-13-20-19(24-22-13)15-9-5-6-10-16(15)21-18(28)11-27-25-17(23-26-27)12-29-14-7-3-2-4-8-14/h2-10H,11-12H2,1H3,(H,21,28)(H,20,22,24). The van der Waals surface area contributed by atoms with E-state index in [1.165, 1.54) is 4.80 Å². The molecule has 0 aliphatic carbocycles. The second-order valence-electron chi connectivity index (χ2n) is 6.18. The summed E-state index contributed by atoms with van der Waals surface area (Å²) >= 11 is 0. The lowest BCUT2D eigenvalue weighted by Gasteiger charge is -2.08. The molecular weight excluding hydrogens is 372 g/mol. The van der Waals surface area contributed by atoms with Crippen LogP contribution in [0.1, 0.15) is 11.6 Å². The molecule has 0 atom stereocenters. The van der Waals surface area contributed by atoms with Crippen molar-refractivity contribution in [2.75, 3.05) is 5.32 Å². The Morgan fingerprint density at radius 2 is 1.93 bits per heavy atom. The lowest BCUT2D eigenvalue weighted by atomic mass is 10.1. The van der Waals surface area contributed by atoms with Gasteiger partial charge in [-0.2, -0.15) is 9.90 Å². The van der Waals surface area contributed by atoms with Crippen molar-refractivity contribution in [3.05, 3.63) is 66.2 Å². The first kappa shape index (κ1) is 18.3. The number of tetrazole rings is 1. The van der Waals surface area contributed by atoms with E-state index in [1.54, 1.807) is 6.07 Å². The fraction of sp³-hybridized carbons (Fsp3) is 0.158. The van der Waals surface area contributed by atoms with Crippen molar-refractivity contribution in [3.63, 3.8) is 0 Å². The Morgan fingerprint density at radius 3 is 2.72 bits per heavy atom. The van der Waals surface area contributed by atoms with Gasteiger partial charge in [0.2, 0.25) is 11.7 Å². The average Bonchev–Trinajstić information content (AvgIpc) is 3.36. The SMILES string of the molecule is Cc1nc(-c2ccccc2NC(=O)Cn2nnc(COc3ccccc3)n2)n[nH]1. The third-order valence-electron chi connectivity index (χ3n) is 3.93. The van der Waals surface area contributed by atoms with Crippen LogP contribution >= 0.6 is 0 Å². The van der Waals surface area contributed by atoms with Crippen LogP contribution in [0.4, 0.5) is 5.69 Å². The van der Waals surface area contributed by atoms with Gasteiger partial charge in [-0.15, -0.1) is 10.2 Å². The topological polar surface area (TPSA) is 124 Å². The summed E-state index contributed by atoms with van der Waals surface area (Å²) in [6.45, 7) is 1.89. The summed E-state index contributed by atoms with van der Waals surface area (Å²) in [6.07, 6.45) is 0. The van der Waals surface area contributed by atoms with E-state index in [-0.39, 0.29) is 19.1 Å². The van der Waals surface area contributed by atoms with Crippen LogP contribution in [0.15, 0.2) is 54.6 Å². The van der Waals surface area contributed by atoms with Gasteiger partial charge in [-0.1, -0.05) is 30.3 Å². The van der Waals surface area contributed by atoms with Gasteiger partial charge < -0.3 is 10.1 Å². The van der Waals surface area contributed by atoms with E-state index >= 15 is 0 Å². The van der Waals surface area contributed by atoms with Gasteiger partial charge >= 0.3 is 0 Å². The molecule has 4 aromatic rings. The van der Waals surface area contributed by atoms with Crippen molar-refractivity contribution < 1.29 is 9.53 Å². The van der Waals surface area contributed by atoms with Crippen molar-refractivity contribution >= 4 is 11.6 Å². The predicted octanol–water partition coefficient (Wildman–Crippen LogP) is 1.98. The fourth-order valence-electron chi connectivity index (χ4n) is 2.63. The average molecular weight is 390 g/mol. The van der Waals surface area contributed by atoms with E-state index in [9.17, 15) is 4.79 Å². The Hall–Kier alpha value is -4.08. The number of nitrogens with one attached hydrogen (secondary N) is 2. The van der Waals surface area contributed by atoms with Crippen LogP contribution in [0.25, 0.3) is 11.4 Å². The molecule has 0 radical (unpaired) electrons. The fourth-order valence-corrected chi connectivity index (χ4v) is 2.63. The molecule has 0 bridgehead atoms. The molecule has 29 heavy (non-hydrogen) atoms. The summed E-state index contributed by atoms with van der Waals surface area (Å²) in [7, 11) is 0. The minimum atomic E-state index is -0.294. The maximum Gasteiger partial charge on any atom is 0.248 e. The highest BCUT2D eigenvalue weighted by molar-refractivity contribution is 5.94. The molecule has 10 nitrogen and oxygen atoms in total. The highest BCUT2D eigenvalue weighted by Crippen LogP contribution is 2.24. The van der Waals surface area contributed by atoms with E-state index in [4.69, 9.17) is 4.74 Å². The summed E-state index contributed by atoms with van der Waals surface area (Å²) in [5.41, 5.74) is 1.32. The molecule has 0 unspecified atom stereocenters. The molecule has 0 saturated carbocycles. The number of carbonyl (C=O) groups excluding carboxylic acids is 1. The summed E-state index contributed by atoms with van der Waals surface area (Å²) in [4.78, 5) is 18.0. The maximum atomic E-state index is 12.4. The highest BCUT2D eigenvalue weighted by Gasteiger charge is 2.13. The number of carbonyl (C=O) groups is 1. The molecule has 2 heterocycles. The third-order valence-corrected chi connectivity index (χ3v) is 3.93. The summed E-state index contributed by atoms with van der Waals surface area (Å²) < 4.78 is 5.58. The molecule has 0 saturated heterocycles. The Bertz CT molecular complexity index is 1110. The van der Waals surface area contributed by atoms with Gasteiger partial charge in [0.1, 0.15) is 18.1 Å². The summed E-state index contributed by atoms with van der Waals surface area (Å²) in [5.74, 6) is 2.01. The quantitative estimate of drug-likeness (QED) is 0.494. The first-order chi connectivity index (χ1) is 14.2. The minimum absolute atomic E-state index is 0.0836. The molecule has 10 heteroatoms. The largest absolute Gasteiger partial charge is 0.485 e. The number of rotatable bonds is 7. The number of aromatic amines is 1. The minimum Gasteiger partial charge on any atom is -0.485 e. The van der Waals surface area contributed by atoms with Crippen LogP contribution in [0.3, 0.4) is 0 Å². The van der Waals surface area contributed by atoms with E-state index in [0.29, 0.717) is 34.5 Å². The van der Waals surface area contributed by atoms with E-state index in [2.05, 4.69) is 35.9 Å². The number of hydrogen-bond donors (Lipinski definition) is 2. The number of hydrogen-bond acceptors (Lipinski definition) is 7. The molecule has 2 N–H and O–H groups in total. The van der Waals surface area contributed by atoms with Gasteiger partial charge in [-0.05, 0) is 36.4 Å². The zero-order valence-electron chi connectivity index (χ0n) is 15.6. The number of amides is 1. The number of aryl methyl sites for hydroxylation is 1. The normalized spacial score (nSPS) is 10.7. The Balaban J connectivity index is 1.38. The Morgan fingerprint density at radius 1 is 1.14 bits per heavy atom. The Labute approximate surface area is 165 Å². The zero-order chi connectivity index (χ0) is 20.1. The van der Waals surface area contributed by atoms with Gasteiger partial charge in [-0.3, -0.25) is 9.89 Å². The summed E-state index contributed by atoms with van der Waals surface area (Å²) in [6, 6.07) is 16.6. The second-order valence-corrected chi connectivity index (χ2v) is 6.18. The number of ether oxygens (including phenoxy) is 1. The maximum absolute atomic E-state index is 12.4. The molecule has 1 amide bonds. The molecule has 0 fully saturated rings. The lowest BCUT2D eigenvalue weighted by Crippen LogP contribution is -2.21. The van der Waals surface area contributed by atoms with Crippen LogP contribution in [0, 0.1) is 6.92 Å². The first-order valence-corrected chi connectivity index (χ1v) is 8.90. The molecule has 4 rings (SSSR count). The van der Waals surface area contributed by atoms with Crippen LogP contribution in [0.5, 0.6) is 5.75 Å². The van der Waals surface area contributed by atoms with Crippen LogP contribution in [-0.2, 0) is 17.9 Å². The van der Waals surface area contributed by atoms with Gasteiger partial charge in [0.15, 0.2) is 12.4 Å². The number of aromatic nitrogens is 7. The van der Waals surface area contributed by atoms with Crippen LogP contribution in [-0.4, -0.2) is 41.3 Å². The molecule has 0 spiro atoms. The van der Waals surface area contributed by atoms with Gasteiger partial charge in [0.05, 0.1) is 5.69 Å². The van der Waals surface area contributed by atoms with Gasteiger partial charge in [-0.25, -0.2) is 4.98 Å². The Kier molecular flexibility index (Phi) is 5.23. The third kappa shape index (κ3) is 4.61. The molecule has 2 aromatic carbocycles. The number of benzene rings is 2. The number of H-pyrrole nitrogens is 1. The predicted molar refractivity (Wildman–Crippen MR) is 104 cm³/mol. The van der Waals surface area contributed by atoms with Gasteiger partial charge in [0.25, 0.3) is 0 Å². The highest BCUT2D eigenvalue weighted by atomic mass is 16.5. The van der Waals surface area contributed by atoms with Crippen molar-refractivity contribution in [2.45, 2.75) is 20.1 Å². The molecule has 146 valence electrons. The van der Waals surface area contributed by atoms with Gasteiger partial charge in [0, 0.05) is 5.56 Å². The smallest absolute Gasteiger partial charge is 0.248 e.